The van der Waals surface area contributed by atoms with Gasteiger partial charge in [-0.2, -0.15) is 0 Å². The average molecular weight is 246 g/mol. The third-order valence-electron chi connectivity index (χ3n) is 3.10. The van der Waals surface area contributed by atoms with Gasteiger partial charge in [0.25, 0.3) is 0 Å². The quantitative estimate of drug-likeness (QED) is 0.891. The van der Waals surface area contributed by atoms with E-state index in [1.807, 2.05) is 11.7 Å². The lowest BCUT2D eigenvalue weighted by atomic mass is 10.0. The topological polar surface area (TPSA) is 24.9 Å². The maximum atomic E-state index is 4.08. The van der Waals surface area contributed by atoms with Gasteiger partial charge >= 0.3 is 0 Å². The highest BCUT2D eigenvalue weighted by Crippen LogP contribution is 2.17. The molecule has 0 aliphatic heterocycles. The minimum Gasteiger partial charge on any atom is -0.305 e. The van der Waals surface area contributed by atoms with Crippen molar-refractivity contribution in [3.05, 3.63) is 51.5 Å². The fourth-order valence-electron chi connectivity index (χ4n) is 1.73. The summed E-state index contributed by atoms with van der Waals surface area (Å²) in [7, 11) is 0. The summed E-state index contributed by atoms with van der Waals surface area (Å²) >= 11 is 1.69. The maximum absolute atomic E-state index is 4.08. The Hall–Kier alpha value is -1.19. The van der Waals surface area contributed by atoms with Crippen LogP contribution in [0.2, 0.25) is 0 Å². The fraction of sp³-hybridized carbons (Fsp3) is 0.357. The summed E-state index contributed by atoms with van der Waals surface area (Å²) in [5, 5.41) is 3.52. The van der Waals surface area contributed by atoms with E-state index in [0.29, 0.717) is 6.04 Å². The lowest BCUT2D eigenvalue weighted by Gasteiger charge is -2.15. The van der Waals surface area contributed by atoms with Crippen molar-refractivity contribution in [1.29, 1.82) is 0 Å². The molecule has 1 aromatic heterocycles. The molecule has 3 heteroatoms. The van der Waals surface area contributed by atoms with Crippen LogP contribution in [0.3, 0.4) is 0 Å². The number of hydrogen-bond donors (Lipinski definition) is 1. The van der Waals surface area contributed by atoms with Gasteiger partial charge in [-0.3, -0.25) is 4.98 Å². The van der Waals surface area contributed by atoms with Gasteiger partial charge in [0.15, 0.2) is 0 Å². The van der Waals surface area contributed by atoms with Gasteiger partial charge in [-0.1, -0.05) is 18.2 Å². The summed E-state index contributed by atoms with van der Waals surface area (Å²) in [6.07, 6.45) is 1.92. The average Bonchev–Trinajstić information content (AvgIpc) is 2.82. The molecule has 0 saturated heterocycles. The zero-order chi connectivity index (χ0) is 12.3. The van der Waals surface area contributed by atoms with Crippen molar-refractivity contribution < 1.29 is 0 Å². The van der Waals surface area contributed by atoms with Gasteiger partial charge in [0, 0.05) is 23.7 Å². The summed E-state index contributed by atoms with van der Waals surface area (Å²) in [6, 6.07) is 7.03. The van der Waals surface area contributed by atoms with Crippen molar-refractivity contribution in [2.24, 2.45) is 0 Å². The first-order valence-electron chi connectivity index (χ1n) is 5.84. The fourth-order valence-corrected chi connectivity index (χ4v) is 2.28. The monoisotopic (exact) mass is 246 g/mol. The first kappa shape index (κ1) is 12.3. The highest BCUT2D eigenvalue weighted by Gasteiger charge is 2.06. The Balaban J connectivity index is 1.99. The van der Waals surface area contributed by atoms with Crippen LogP contribution in [0.25, 0.3) is 0 Å². The Kier molecular flexibility index (Phi) is 3.92. The van der Waals surface area contributed by atoms with Crippen LogP contribution >= 0.6 is 11.3 Å². The number of aromatic nitrogens is 1. The minimum atomic E-state index is 0.372. The Morgan fingerprint density at radius 1 is 1.29 bits per heavy atom. The van der Waals surface area contributed by atoms with E-state index >= 15 is 0 Å². The Labute approximate surface area is 107 Å². The highest BCUT2D eigenvalue weighted by atomic mass is 32.1. The van der Waals surface area contributed by atoms with E-state index in [0.717, 1.165) is 6.54 Å². The van der Waals surface area contributed by atoms with Gasteiger partial charge in [0.05, 0.1) is 5.51 Å². The number of benzene rings is 1. The molecule has 0 radical (unpaired) electrons. The predicted octanol–water partition coefficient (Wildman–Crippen LogP) is 3.61. The van der Waals surface area contributed by atoms with Gasteiger partial charge in [0.2, 0.25) is 0 Å². The second kappa shape index (κ2) is 5.43. The molecule has 0 bridgehead atoms. The highest BCUT2D eigenvalue weighted by molar-refractivity contribution is 7.09. The first-order chi connectivity index (χ1) is 8.16. The number of thiazole rings is 1. The van der Waals surface area contributed by atoms with Crippen LogP contribution in [0.5, 0.6) is 0 Å². The predicted molar refractivity (Wildman–Crippen MR) is 73.3 cm³/mol. The molecule has 0 aliphatic rings. The van der Waals surface area contributed by atoms with Gasteiger partial charge < -0.3 is 5.32 Å². The van der Waals surface area contributed by atoms with Crippen molar-refractivity contribution in [3.63, 3.8) is 0 Å². The van der Waals surface area contributed by atoms with Gasteiger partial charge in [-0.05, 0) is 37.5 Å². The first-order valence-corrected chi connectivity index (χ1v) is 6.72. The Bertz CT molecular complexity index is 477. The summed E-state index contributed by atoms with van der Waals surface area (Å²) in [5.74, 6) is 0. The standard InChI is InChI=1S/C14H18N2S/c1-10-4-5-13(6-11(10)2)12(3)16-8-14-7-15-9-17-14/h4-7,9,12,16H,8H2,1-3H3. The zero-order valence-electron chi connectivity index (χ0n) is 10.5. The summed E-state index contributed by atoms with van der Waals surface area (Å²) in [4.78, 5) is 5.36. The third kappa shape index (κ3) is 3.14. The molecular weight excluding hydrogens is 228 g/mol. The number of nitrogens with one attached hydrogen (secondary N) is 1. The van der Waals surface area contributed by atoms with E-state index in [2.05, 4.69) is 49.3 Å². The summed E-state index contributed by atoms with van der Waals surface area (Å²) in [5.41, 5.74) is 5.92. The molecule has 2 nitrogen and oxygen atoms in total. The molecule has 1 atom stereocenters. The van der Waals surface area contributed by atoms with Crippen molar-refractivity contribution in [1.82, 2.24) is 10.3 Å². The van der Waals surface area contributed by atoms with Crippen LogP contribution in [0, 0.1) is 13.8 Å². The largest absolute Gasteiger partial charge is 0.305 e. The van der Waals surface area contributed by atoms with Crippen molar-refractivity contribution in [2.45, 2.75) is 33.4 Å². The lowest BCUT2D eigenvalue weighted by Crippen LogP contribution is -2.17. The molecule has 0 fully saturated rings. The molecule has 2 aromatic rings. The zero-order valence-corrected chi connectivity index (χ0v) is 11.3. The molecule has 1 heterocycles. The molecule has 0 spiro atoms. The molecule has 2 rings (SSSR count). The molecule has 1 N–H and O–H groups in total. The van der Waals surface area contributed by atoms with Crippen LogP contribution in [0.1, 0.15) is 34.5 Å². The van der Waals surface area contributed by atoms with Crippen LogP contribution in [0.15, 0.2) is 29.9 Å². The lowest BCUT2D eigenvalue weighted by molar-refractivity contribution is 0.578. The SMILES string of the molecule is Cc1ccc(C(C)NCc2cncs2)cc1C. The number of aryl methyl sites for hydroxylation is 2. The molecule has 0 amide bonds. The van der Waals surface area contributed by atoms with E-state index in [-0.39, 0.29) is 0 Å². The van der Waals surface area contributed by atoms with E-state index in [4.69, 9.17) is 0 Å². The second-order valence-corrected chi connectivity index (χ2v) is 5.38. The number of rotatable bonds is 4. The summed E-state index contributed by atoms with van der Waals surface area (Å²) < 4.78 is 0. The smallest absolute Gasteiger partial charge is 0.0794 e. The van der Waals surface area contributed by atoms with Crippen LogP contribution in [-0.2, 0) is 6.54 Å². The Morgan fingerprint density at radius 2 is 2.12 bits per heavy atom. The molecule has 0 saturated carbocycles. The van der Waals surface area contributed by atoms with Crippen molar-refractivity contribution in [3.8, 4) is 0 Å². The van der Waals surface area contributed by atoms with E-state index in [1.165, 1.54) is 21.6 Å². The maximum Gasteiger partial charge on any atom is 0.0794 e. The third-order valence-corrected chi connectivity index (χ3v) is 3.88. The molecule has 1 unspecified atom stereocenters. The molecule has 0 aliphatic carbocycles. The van der Waals surface area contributed by atoms with Crippen molar-refractivity contribution in [2.75, 3.05) is 0 Å². The van der Waals surface area contributed by atoms with E-state index in [9.17, 15) is 0 Å². The molecular formula is C14H18N2S. The summed E-state index contributed by atoms with van der Waals surface area (Å²) in [6.45, 7) is 7.40. The molecule has 90 valence electrons. The minimum absolute atomic E-state index is 0.372. The van der Waals surface area contributed by atoms with Crippen LogP contribution in [0.4, 0.5) is 0 Å². The number of hydrogen-bond acceptors (Lipinski definition) is 3. The normalized spacial score (nSPS) is 12.6. The van der Waals surface area contributed by atoms with Gasteiger partial charge in [-0.15, -0.1) is 11.3 Å². The van der Waals surface area contributed by atoms with Crippen molar-refractivity contribution >= 4 is 11.3 Å². The van der Waals surface area contributed by atoms with Gasteiger partial charge in [-0.25, -0.2) is 0 Å². The van der Waals surface area contributed by atoms with Gasteiger partial charge in [0.1, 0.15) is 0 Å². The molecule has 1 aromatic carbocycles. The Morgan fingerprint density at radius 3 is 2.76 bits per heavy atom. The van der Waals surface area contributed by atoms with Crippen LogP contribution in [-0.4, -0.2) is 4.98 Å². The number of nitrogens with zero attached hydrogens (tertiary/aromatic N) is 1. The van der Waals surface area contributed by atoms with Crippen LogP contribution < -0.4 is 5.32 Å². The molecule has 17 heavy (non-hydrogen) atoms. The van der Waals surface area contributed by atoms with E-state index in [1.54, 1.807) is 11.3 Å². The van der Waals surface area contributed by atoms with E-state index < -0.39 is 0 Å². The second-order valence-electron chi connectivity index (χ2n) is 4.41.